The molecule has 7 unspecified atom stereocenters. The van der Waals surface area contributed by atoms with E-state index in [0.29, 0.717) is 0 Å². The van der Waals surface area contributed by atoms with Gasteiger partial charge >= 0.3 is 52.3 Å². The van der Waals surface area contributed by atoms with Crippen LogP contribution in [0, 0.1) is 0 Å². The monoisotopic (exact) mass is 828 g/mol. The van der Waals surface area contributed by atoms with Crippen LogP contribution in [0.4, 0.5) is 0 Å². The van der Waals surface area contributed by atoms with E-state index in [4.69, 9.17) is 43.3 Å². The molecule has 22 heteroatoms. The van der Waals surface area contributed by atoms with Crippen molar-refractivity contribution in [3.05, 3.63) is 0 Å². The van der Waals surface area contributed by atoms with Crippen molar-refractivity contribution in [3.63, 3.8) is 0 Å². The molecule has 0 bridgehead atoms. The largest absolute Gasteiger partial charge is 1.00 e. The Morgan fingerprint density at radius 2 is 0.820 bits per heavy atom. The Morgan fingerprint density at radius 3 is 0.960 bits per heavy atom. The average molecular weight is 829 g/mol. The first kappa shape index (κ1) is 69.3. The van der Waals surface area contributed by atoms with Crippen molar-refractivity contribution in [2.45, 2.75) is 120 Å². The molecule has 4 N–H and O–H groups in total. The molecule has 0 saturated heterocycles. The molecule has 0 aliphatic rings. The third-order valence-electron chi connectivity index (χ3n) is 5.67. The fourth-order valence-corrected chi connectivity index (χ4v) is 3.58. The van der Waals surface area contributed by atoms with Gasteiger partial charge in [-0.15, -0.1) is 0 Å². The third-order valence-corrected chi connectivity index (χ3v) is 10.7. The second-order valence-electron chi connectivity index (χ2n) is 9.53. The Kier molecular flexibility index (Phi) is 59.8. The van der Waals surface area contributed by atoms with Gasteiger partial charge in [-0.25, -0.2) is 0 Å². The van der Waals surface area contributed by atoms with Gasteiger partial charge in [-0.3, -0.25) is 13.7 Å². The van der Waals surface area contributed by atoms with E-state index in [1.54, 1.807) is 6.92 Å². The van der Waals surface area contributed by atoms with Gasteiger partial charge < -0.3 is 66.3 Å². The maximum atomic E-state index is 11.4. The van der Waals surface area contributed by atoms with Gasteiger partial charge in [-0.2, -0.15) is 0 Å². The predicted molar refractivity (Wildman–Crippen MR) is 194 cm³/mol. The van der Waals surface area contributed by atoms with E-state index < -0.39 is 30.4 Å². The number of aliphatic hydroxyl groups is 2. The molecule has 7 atom stereocenters. The van der Waals surface area contributed by atoms with Crippen LogP contribution in [-0.4, -0.2) is 112 Å². The smallest absolute Gasteiger partial charge is 0.779 e. The number of hydrogen-bond donors (Lipinski definition) is 4. The Balaban J connectivity index is -0.0000000736. The summed E-state index contributed by atoms with van der Waals surface area (Å²) in [7, 11) is -6.04. The molecule has 0 amide bonds. The second kappa shape index (κ2) is 43.1. The summed E-state index contributed by atoms with van der Waals surface area (Å²) >= 11 is 0. The molecule has 50 heavy (non-hydrogen) atoms. The van der Waals surface area contributed by atoms with Crippen LogP contribution in [0.3, 0.4) is 0 Å². The normalized spacial score (nSPS) is 16.2. The SMILES string of the molecule is C.CCC(C)O.CCC(C)OCP(=O)(O)OC.CCC(C)OCP(=O)(O)OC.CCC(C)OCP(=O)(OC)OC.CCP(=O)([O-])OC.CO.[Na+]. The van der Waals surface area contributed by atoms with Crippen LogP contribution in [0.25, 0.3) is 0 Å². The third kappa shape index (κ3) is 56.1. The van der Waals surface area contributed by atoms with Crippen LogP contribution in [0.2, 0.25) is 0 Å². The second-order valence-corrected chi connectivity index (χ2v) is 17.8. The van der Waals surface area contributed by atoms with Crippen molar-refractivity contribution < 1.29 is 110 Å². The van der Waals surface area contributed by atoms with E-state index >= 15 is 0 Å². The summed E-state index contributed by atoms with van der Waals surface area (Å²) < 4.78 is 80.5. The van der Waals surface area contributed by atoms with Gasteiger partial charge in [0.25, 0.3) is 0 Å². The van der Waals surface area contributed by atoms with Crippen molar-refractivity contribution in [1.29, 1.82) is 0 Å². The van der Waals surface area contributed by atoms with Gasteiger partial charge in [0, 0.05) is 48.8 Å². The number of ether oxygens (including phenoxy) is 3. The van der Waals surface area contributed by atoms with E-state index in [-0.39, 0.29) is 86.6 Å². The zero-order valence-corrected chi connectivity index (χ0v) is 38.4. The van der Waals surface area contributed by atoms with Crippen molar-refractivity contribution in [2.24, 2.45) is 0 Å². The molecule has 0 aromatic rings. The Bertz CT molecular complexity index is 822. The summed E-state index contributed by atoms with van der Waals surface area (Å²) in [5.41, 5.74) is 0. The van der Waals surface area contributed by atoms with Crippen molar-refractivity contribution >= 4 is 30.4 Å². The van der Waals surface area contributed by atoms with Gasteiger partial charge in [0.15, 0.2) is 0 Å². The van der Waals surface area contributed by atoms with Gasteiger partial charge in [0.2, 0.25) is 0 Å². The molecule has 17 nitrogen and oxygen atoms in total. The van der Waals surface area contributed by atoms with Crippen LogP contribution in [0.5, 0.6) is 0 Å². The minimum Gasteiger partial charge on any atom is -0.779 e. The zero-order chi connectivity index (χ0) is 39.6. The minimum atomic E-state index is -3.46. The van der Waals surface area contributed by atoms with Gasteiger partial charge in [-0.1, -0.05) is 42.0 Å². The molecule has 0 aromatic heterocycles. The van der Waals surface area contributed by atoms with Crippen molar-refractivity contribution in [2.75, 3.05) is 67.9 Å². The van der Waals surface area contributed by atoms with E-state index in [1.807, 2.05) is 48.5 Å². The van der Waals surface area contributed by atoms with Gasteiger partial charge in [0.1, 0.15) is 26.6 Å². The van der Waals surface area contributed by atoms with Crippen molar-refractivity contribution in [1.82, 2.24) is 0 Å². The minimum absolute atomic E-state index is 0. The summed E-state index contributed by atoms with van der Waals surface area (Å²) in [6.07, 6.45) is 3.02. The average Bonchev–Trinajstić information content (AvgIpc) is 3.10. The summed E-state index contributed by atoms with van der Waals surface area (Å²) in [5.74, 6) is 0. The molecule has 0 aromatic carbocycles. The molecule has 308 valence electrons. The first-order chi connectivity index (χ1) is 22.0. The molecule has 0 aliphatic carbocycles. The molecule has 0 spiro atoms. The fourth-order valence-electron chi connectivity index (χ4n) is 1.43. The first-order valence-electron chi connectivity index (χ1n) is 15.3. The number of aliphatic hydroxyl groups excluding tert-OH is 2. The number of rotatable bonds is 19. The Hall–Kier alpha value is 1.40. The van der Waals surface area contributed by atoms with Crippen LogP contribution in [0.1, 0.15) is 95.4 Å². The summed E-state index contributed by atoms with van der Waals surface area (Å²) in [6, 6.07) is 0. The Morgan fingerprint density at radius 1 is 0.560 bits per heavy atom. The molecule has 0 heterocycles. The summed E-state index contributed by atoms with van der Waals surface area (Å²) in [6.45, 7) is 16.7. The molecule has 0 radical (unpaired) electrons. The molecular weight excluding hydrogens is 755 g/mol. The number of hydrogen-bond acceptors (Lipinski definition) is 15. The van der Waals surface area contributed by atoms with Crippen LogP contribution in [0.15, 0.2) is 0 Å². The predicted octanol–water partition coefficient (Wildman–Crippen LogP) is 3.66. The Labute approximate surface area is 326 Å². The van der Waals surface area contributed by atoms with Gasteiger partial charge in [-0.05, 0) is 53.4 Å². The van der Waals surface area contributed by atoms with Crippen LogP contribution >= 0.6 is 30.4 Å². The molecule has 0 aliphatic heterocycles. The summed E-state index contributed by atoms with van der Waals surface area (Å²) in [5, 5.41) is 15.4. The topological polar surface area (TPSA) is 246 Å². The molecule has 0 fully saturated rings. The maximum Gasteiger partial charge on any atom is 1.00 e. The van der Waals surface area contributed by atoms with E-state index in [2.05, 4.69) is 13.6 Å². The molecule has 0 rings (SSSR count). The first-order valence-corrected chi connectivity index (χ1v) is 22.3. The fraction of sp³-hybridized carbons (Fsp3) is 1.00. The molecular formula is C28H73NaO17P4. The van der Waals surface area contributed by atoms with Gasteiger partial charge in [0.05, 0.1) is 24.4 Å². The standard InChI is InChI=1S/C7H17O4P.2C6H15O4P.C4H10O.C3H9O3P.CH4O.CH4.Na/c1-5-7(2)11-6-12(8,9-3)10-4;2*1-4-6(2)10-5-11(7,8)9-3;1-3-4(2)5;1-3-7(4,5)6-2;1-2;;/h7H,5-6H2,1-4H3;2*6H,4-5H2,1-3H3,(H,7,8);4-5H,3H2,1-2H3;3H2,1-2H3,(H,4,5);2H,1H3;1H4;/q;;;;;;;+1/p-1. The maximum absolute atomic E-state index is 11.4. The van der Waals surface area contributed by atoms with E-state index in [0.717, 1.165) is 39.9 Å². The van der Waals surface area contributed by atoms with Crippen LogP contribution in [-0.2, 0) is 55.1 Å². The molecule has 0 saturated carbocycles. The van der Waals surface area contributed by atoms with E-state index in [1.165, 1.54) is 35.4 Å². The quantitative estimate of drug-likeness (QED) is 0.107. The zero-order valence-electron chi connectivity index (χ0n) is 32.9. The van der Waals surface area contributed by atoms with Crippen LogP contribution < -0.4 is 34.5 Å². The van der Waals surface area contributed by atoms with E-state index in [9.17, 15) is 23.2 Å². The summed E-state index contributed by atoms with van der Waals surface area (Å²) in [4.78, 5) is 27.9. The van der Waals surface area contributed by atoms with Crippen molar-refractivity contribution in [3.8, 4) is 0 Å².